The Labute approximate surface area is 181 Å². The van der Waals surface area contributed by atoms with Gasteiger partial charge in [-0.1, -0.05) is 43.7 Å². The number of rotatable bonds is 6. The van der Waals surface area contributed by atoms with E-state index < -0.39 is 0 Å². The van der Waals surface area contributed by atoms with Crippen LogP contribution in [-0.2, 0) is 6.42 Å². The molecule has 30 heavy (non-hydrogen) atoms. The Balaban J connectivity index is 1.44. The SMILES string of the molecule is CC1=CC(CN2CCN(C)CC2)C(C(C)C)CC1Cc1nnc(-c2ccccc2)o1. The van der Waals surface area contributed by atoms with Crippen molar-refractivity contribution in [2.24, 2.45) is 23.7 Å². The molecule has 0 radical (unpaired) electrons. The number of nitrogens with zero attached hydrogens (tertiary/aromatic N) is 4. The van der Waals surface area contributed by atoms with Crippen LogP contribution in [0.2, 0.25) is 0 Å². The first-order valence-electron chi connectivity index (χ1n) is 11.5. The molecular formula is C25H36N4O. The molecular weight excluding hydrogens is 372 g/mol. The molecule has 5 nitrogen and oxygen atoms in total. The zero-order chi connectivity index (χ0) is 21.1. The second-order valence-electron chi connectivity index (χ2n) is 9.59. The first kappa shape index (κ1) is 21.3. The molecule has 0 spiro atoms. The monoisotopic (exact) mass is 408 g/mol. The molecule has 1 fully saturated rings. The van der Waals surface area contributed by atoms with Crippen molar-refractivity contribution in [2.75, 3.05) is 39.8 Å². The van der Waals surface area contributed by atoms with Gasteiger partial charge in [0.05, 0.1) is 0 Å². The maximum Gasteiger partial charge on any atom is 0.247 e. The topological polar surface area (TPSA) is 45.4 Å². The van der Waals surface area contributed by atoms with Gasteiger partial charge in [0.2, 0.25) is 11.8 Å². The third-order valence-corrected chi connectivity index (χ3v) is 7.06. The third kappa shape index (κ3) is 5.01. The molecule has 2 aromatic rings. The van der Waals surface area contributed by atoms with Gasteiger partial charge in [0.15, 0.2) is 0 Å². The Kier molecular flexibility index (Phi) is 6.69. The van der Waals surface area contributed by atoms with Crippen molar-refractivity contribution in [3.8, 4) is 11.5 Å². The van der Waals surface area contributed by atoms with Crippen molar-refractivity contribution in [3.05, 3.63) is 47.9 Å². The molecule has 1 aliphatic heterocycles. The molecule has 5 heteroatoms. The van der Waals surface area contributed by atoms with E-state index in [9.17, 15) is 0 Å². The molecule has 162 valence electrons. The van der Waals surface area contributed by atoms with E-state index in [0.29, 0.717) is 29.6 Å². The lowest BCUT2D eigenvalue weighted by atomic mass is 9.69. The molecule has 0 N–H and O–H groups in total. The second kappa shape index (κ2) is 9.44. The molecule has 0 amide bonds. The molecule has 4 rings (SSSR count). The maximum absolute atomic E-state index is 6.01. The second-order valence-corrected chi connectivity index (χ2v) is 9.59. The summed E-state index contributed by atoms with van der Waals surface area (Å²) < 4.78 is 6.01. The average Bonchev–Trinajstić information content (AvgIpc) is 3.21. The molecule has 1 aromatic heterocycles. The van der Waals surface area contributed by atoms with Crippen LogP contribution in [0, 0.1) is 23.7 Å². The van der Waals surface area contributed by atoms with Gasteiger partial charge >= 0.3 is 0 Å². The molecule has 1 aliphatic carbocycles. The van der Waals surface area contributed by atoms with Gasteiger partial charge in [0, 0.05) is 44.7 Å². The van der Waals surface area contributed by atoms with E-state index in [4.69, 9.17) is 4.42 Å². The smallest absolute Gasteiger partial charge is 0.247 e. The lowest BCUT2D eigenvalue weighted by molar-refractivity contribution is 0.112. The van der Waals surface area contributed by atoms with Crippen molar-refractivity contribution in [2.45, 2.75) is 33.6 Å². The van der Waals surface area contributed by atoms with E-state index in [-0.39, 0.29) is 0 Å². The average molecular weight is 409 g/mol. The maximum atomic E-state index is 6.01. The molecule has 3 atom stereocenters. The fourth-order valence-corrected chi connectivity index (χ4v) is 5.06. The minimum atomic E-state index is 0.491. The van der Waals surface area contributed by atoms with Crippen LogP contribution in [-0.4, -0.2) is 59.8 Å². The number of hydrogen-bond donors (Lipinski definition) is 0. The molecule has 1 saturated heterocycles. The van der Waals surface area contributed by atoms with Crippen LogP contribution in [0.25, 0.3) is 11.5 Å². The van der Waals surface area contributed by atoms with Gasteiger partial charge in [-0.05, 0) is 56.2 Å². The predicted octanol–water partition coefficient (Wildman–Crippen LogP) is 4.38. The van der Waals surface area contributed by atoms with Crippen LogP contribution in [0.4, 0.5) is 0 Å². The minimum Gasteiger partial charge on any atom is -0.421 e. The molecule has 3 unspecified atom stereocenters. The lowest BCUT2D eigenvalue weighted by Crippen LogP contribution is -2.47. The highest BCUT2D eigenvalue weighted by Gasteiger charge is 2.33. The van der Waals surface area contributed by atoms with Crippen molar-refractivity contribution in [3.63, 3.8) is 0 Å². The number of likely N-dealkylation sites (N-methyl/N-ethyl adjacent to an activating group) is 1. The zero-order valence-electron chi connectivity index (χ0n) is 18.9. The van der Waals surface area contributed by atoms with E-state index in [1.807, 2.05) is 30.3 Å². The van der Waals surface area contributed by atoms with Gasteiger partial charge in [0.1, 0.15) is 0 Å². The van der Waals surface area contributed by atoms with Crippen LogP contribution in [0.5, 0.6) is 0 Å². The Morgan fingerprint density at radius 1 is 1.07 bits per heavy atom. The van der Waals surface area contributed by atoms with Crippen LogP contribution in [0.1, 0.15) is 33.1 Å². The lowest BCUT2D eigenvalue weighted by Gasteiger charge is -2.41. The summed E-state index contributed by atoms with van der Waals surface area (Å²) in [6.07, 6.45) is 4.61. The number of hydrogen-bond acceptors (Lipinski definition) is 5. The third-order valence-electron chi connectivity index (χ3n) is 7.06. The molecule has 2 heterocycles. The summed E-state index contributed by atoms with van der Waals surface area (Å²) in [5.41, 5.74) is 2.48. The Morgan fingerprint density at radius 3 is 2.50 bits per heavy atom. The molecule has 2 aliphatic rings. The summed E-state index contributed by atoms with van der Waals surface area (Å²) in [6, 6.07) is 10.0. The summed E-state index contributed by atoms with van der Waals surface area (Å²) >= 11 is 0. The van der Waals surface area contributed by atoms with Gasteiger partial charge in [-0.25, -0.2) is 0 Å². The molecule has 0 bridgehead atoms. The van der Waals surface area contributed by atoms with E-state index in [2.05, 4.69) is 53.9 Å². The zero-order valence-corrected chi connectivity index (χ0v) is 18.9. The van der Waals surface area contributed by atoms with Gasteiger partial charge < -0.3 is 14.2 Å². The van der Waals surface area contributed by atoms with E-state index in [1.54, 1.807) is 0 Å². The van der Waals surface area contributed by atoms with Crippen molar-refractivity contribution >= 4 is 0 Å². The number of allylic oxidation sites excluding steroid dienone is 1. The van der Waals surface area contributed by atoms with Crippen LogP contribution < -0.4 is 0 Å². The largest absolute Gasteiger partial charge is 0.421 e. The van der Waals surface area contributed by atoms with Gasteiger partial charge in [-0.15, -0.1) is 10.2 Å². The van der Waals surface area contributed by atoms with Crippen LogP contribution in [0.15, 0.2) is 46.4 Å². The number of aromatic nitrogens is 2. The Morgan fingerprint density at radius 2 is 1.80 bits per heavy atom. The summed E-state index contributed by atoms with van der Waals surface area (Å²) in [5, 5.41) is 8.64. The van der Waals surface area contributed by atoms with Crippen LogP contribution in [0.3, 0.4) is 0 Å². The summed E-state index contributed by atoms with van der Waals surface area (Å²) in [5.74, 6) is 3.90. The van der Waals surface area contributed by atoms with Crippen molar-refractivity contribution in [1.29, 1.82) is 0 Å². The van der Waals surface area contributed by atoms with E-state index in [1.165, 1.54) is 44.7 Å². The highest BCUT2D eigenvalue weighted by Crippen LogP contribution is 2.39. The van der Waals surface area contributed by atoms with E-state index >= 15 is 0 Å². The van der Waals surface area contributed by atoms with Gasteiger partial charge in [0.25, 0.3) is 0 Å². The Bertz CT molecular complexity index is 836. The van der Waals surface area contributed by atoms with Gasteiger partial charge in [-0.2, -0.15) is 0 Å². The number of piperazine rings is 1. The van der Waals surface area contributed by atoms with E-state index in [0.717, 1.165) is 17.9 Å². The Hall–Kier alpha value is -1.98. The highest BCUT2D eigenvalue weighted by molar-refractivity contribution is 5.51. The first-order chi connectivity index (χ1) is 14.5. The molecule has 1 aromatic carbocycles. The fourth-order valence-electron chi connectivity index (χ4n) is 5.06. The summed E-state index contributed by atoms with van der Waals surface area (Å²) in [7, 11) is 2.23. The van der Waals surface area contributed by atoms with Crippen molar-refractivity contribution in [1.82, 2.24) is 20.0 Å². The quantitative estimate of drug-likeness (QED) is 0.664. The summed E-state index contributed by atoms with van der Waals surface area (Å²) in [4.78, 5) is 5.09. The molecule has 0 saturated carbocycles. The standard InChI is InChI=1S/C25H36N4O/c1-18(2)23-15-21(16-24-26-27-25(30-24)20-8-6-5-7-9-20)19(3)14-22(23)17-29-12-10-28(4)11-13-29/h5-9,14,18,21-23H,10-13,15-17H2,1-4H3. The minimum absolute atomic E-state index is 0.491. The fraction of sp³-hybridized carbons (Fsp3) is 0.600. The summed E-state index contributed by atoms with van der Waals surface area (Å²) in [6.45, 7) is 13.0. The van der Waals surface area contributed by atoms with Gasteiger partial charge in [-0.3, -0.25) is 0 Å². The first-order valence-corrected chi connectivity index (χ1v) is 11.5. The normalized spacial score (nSPS) is 26.2. The van der Waals surface area contributed by atoms with Crippen molar-refractivity contribution < 1.29 is 4.42 Å². The predicted molar refractivity (Wildman–Crippen MR) is 121 cm³/mol. The number of benzene rings is 1. The van der Waals surface area contributed by atoms with Crippen LogP contribution >= 0.6 is 0 Å². The highest BCUT2D eigenvalue weighted by atomic mass is 16.4.